The van der Waals surface area contributed by atoms with Crippen LogP contribution >= 0.6 is 0 Å². The molecule has 52 valence electrons. The van der Waals surface area contributed by atoms with Crippen LogP contribution in [-0.2, 0) is 0 Å². The van der Waals surface area contributed by atoms with E-state index in [-0.39, 0.29) is 5.84 Å². The molecule has 3 heteroatoms. The smallest absolute Gasteiger partial charge is 0.141 e. The molecule has 10 heavy (non-hydrogen) atoms. The molecule has 0 saturated carbocycles. The fraction of sp³-hybridized carbons (Fsp3) is 0.143. The van der Waals surface area contributed by atoms with E-state index in [1.54, 1.807) is 12.3 Å². The average molecular weight is 135 g/mol. The lowest BCUT2D eigenvalue weighted by Gasteiger charge is -1.95. The van der Waals surface area contributed by atoms with Gasteiger partial charge in [-0.05, 0) is 18.6 Å². The predicted octanol–water partition coefficient (Wildman–Crippen LogP) is 0.674. The summed E-state index contributed by atoms with van der Waals surface area (Å²) in [4.78, 5) is 3.93. The lowest BCUT2D eigenvalue weighted by molar-refractivity contribution is 1.22. The maximum Gasteiger partial charge on any atom is 0.141 e. The molecule has 1 aromatic heterocycles. The fourth-order valence-corrected chi connectivity index (χ4v) is 0.627. The van der Waals surface area contributed by atoms with Crippen molar-refractivity contribution in [3.63, 3.8) is 0 Å². The summed E-state index contributed by atoms with van der Waals surface area (Å²) in [6, 6.07) is 3.61. The second-order valence-corrected chi connectivity index (χ2v) is 2.13. The van der Waals surface area contributed by atoms with Gasteiger partial charge >= 0.3 is 0 Å². The summed E-state index contributed by atoms with van der Waals surface area (Å²) in [7, 11) is 0. The first-order valence-electron chi connectivity index (χ1n) is 2.97. The number of nitrogens with one attached hydrogen (secondary N) is 1. The molecule has 0 atom stereocenters. The number of pyridine rings is 1. The Morgan fingerprint density at radius 3 is 2.70 bits per heavy atom. The van der Waals surface area contributed by atoms with Crippen molar-refractivity contribution in [3.8, 4) is 0 Å². The molecule has 0 aliphatic rings. The van der Waals surface area contributed by atoms with Gasteiger partial charge in [0.15, 0.2) is 0 Å². The number of aromatic nitrogens is 1. The van der Waals surface area contributed by atoms with Crippen LogP contribution in [0.5, 0.6) is 0 Å². The zero-order chi connectivity index (χ0) is 7.56. The van der Waals surface area contributed by atoms with Crippen molar-refractivity contribution >= 4 is 5.84 Å². The predicted molar refractivity (Wildman–Crippen MR) is 40.0 cm³/mol. The van der Waals surface area contributed by atoms with Crippen LogP contribution in [0.2, 0.25) is 0 Å². The highest BCUT2D eigenvalue weighted by atomic mass is 14.8. The molecule has 1 heterocycles. The molecule has 0 aliphatic heterocycles. The molecule has 1 aromatic rings. The molecule has 0 bridgehead atoms. The molecule has 0 unspecified atom stereocenters. The first kappa shape index (κ1) is 6.74. The quantitative estimate of drug-likeness (QED) is 0.439. The zero-order valence-electron chi connectivity index (χ0n) is 5.76. The second-order valence-electron chi connectivity index (χ2n) is 2.13. The summed E-state index contributed by atoms with van der Waals surface area (Å²) >= 11 is 0. The Bertz CT molecular complexity index is 238. The van der Waals surface area contributed by atoms with Crippen LogP contribution in [0.25, 0.3) is 0 Å². The number of amidine groups is 1. The van der Waals surface area contributed by atoms with Crippen molar-refractivity contribution in [3.05, 3.63) is 29.6 Å². The van der Waals surface area contributed by atoms with Gasteiger partial charge in [-0.3, -0.25) is 10.4 Å². The highest BCUT2D eigenvalue weighted by Gasteiger charge is 1.94. The molecule has 3 N–H and O–H groups in total. The monoisotopic (exact) mass is 135 g/mol. The third-order valence-corrected chi connectivity index (χ3v) is 1.19. The van der Waals surface area contributed by atoms with E-state index in [2.05, 4.69) is 4.98 Å². The van der Waals surface area contributed by atoms with Crippen LogP contribution in [0.1, 0.15) is 11.3 Å². The molecular formula is C7H9N3. The van der Waals surface area contributed by atoms with Crippen LogP contribution in [0.3, 0.4) is 0 Å². The van der Waals surface area contributed by atoms with Gasteiger partial charge in [-0.15, -0.1) is 0 Å². The van der Waals surface area contributed by atoms with E-state index in [0.717, 1.165) is 5.56 Å². The summed E-state index contributed by atoms with van der Waals surface area (Å²) in [6.45, 7) is 1.94. The minimum absolute atomic E-state index is 0.0139. The lowest BCUT2D eigenvalue weighted by Crippen LogP contribution is -2.12. The standard InChI is InChI=1S/C7H9N3/c1-5-2-3-6(7(8)9)10-4-5/h2-4H,1H3,(H3,8,9). The van der Waals surface area contributed by atoms with Crippen molar-refractivity contribution in [2.24, 2.45) is 5.73 Å². The SMILES string of the molecule is Cc1ccc(C(=N)N)nc1. The third-order valence-electron chi connectivity index (χ3n) is 1.19. The average Bonchev–Trinajstić information content (AvgIpc) is 1.88. The molecular weight excluding hydrogens is 126 g/mol. The van der Waals surface area contributed by atoms with E-state index in [9.17, 15) is 0 Å². The number of aryl methyl sites for hydroxylation is 1. The third kappa shape index (κ3) is 1.31. The van der Waals surface area contributed by atoms with Crippen LogP contribution in [-0.4, -0.2) is 10.8 Å². The van der Waals surface area contributed by atoms with Crippen LogP contribution in [0.4, 0.5) is 0 Å². The molecule has 0 aliphatic carbocycles. The van der Waals surface area contributed by atoms with E-state index in [1.807, 2.05) is 13.0 Å². The minimum atomic E-state index is 0.0139. The van der Waals surface area contributed by atoms with Gasteiger partial charge in [0.2, 0.25) is 0 Å². The molecule has 0 saturated heterocycles. The number of nitrogens with two attached hydrogens (primary N) is 1. The van der Waals surface area contributed by atoms with Gasteiger partial charge in [-0.2, -0.15) is 0 Å². The topological polar surface area (TPSA) is 62.8 Å². The van der Waals surface area contributed by atoms with Gasteiger partial charge in [0.25, 0.3) is 0 Å². The minimum Gasteiger partial charge on any atom is -0.382 e. The Morgan fingerprint density at radius 1 is 1.60 bits per heavy atom. The highest BCUT2D eigenvalue weighted by molar-refractivity contribution is 5.92. The first-order valence-corrected chi connectivity index (χ1v) is 2.97. The number of hydrogen-bond acceptors (Lipinski definition) is 2. The molecule has 3 nitrogen and oxygen atoms in total. The van der Waals surface area contributed by atoms with Gasteiger partial charge in [0.05, 0.1) is 0 Å². The molecule has 1 rings (SSSR count). The summed E-state index contributed by atoms with van der Waals surface area (Å²) in [6.07, 6.45) is 1.69. The molecule has 0 amide bonds. The van der Waals surface area contributed by atoms with E-state index in [4.69, 9.17) is 11.1 Å². The van der Waals surface area contributed by atoms with Gasteiger partial charge in [-0.25, -0.2) is 0 Å². The number of nitrogen functional groups attached to an aromatic ring is 1. The number of nitrogens with zero attached hydrogens (tertiary/aromatic N) is 1. The van der Waals surface area contributed by atoms with Crippen molar-refractivity contribution in [2.75, 3.05) is 0 Å². The van der Waals surface area contributed by atoms with Gasteiger partial charge < -0.3 is 5.73 Å². The van der Waals surface area contributed by atoms with Gasteiger partial charge in [0.1, 0.15) is 11.5 Å². The Kier molecular flexibility index (Phi) is 1.67. The van der Waals surface area contributed by atoms with Gasteiger partial charge in [-0.1, -0.05) is 6.07 Å². The van der Waals surface area contributed by atoms with E-state index in [1.165, 1.54) is 0 Å². The molecule has 0 radical (unpaired) electrons. The van der Waals surface area contributed by atoms with Gasteiger partial charge in [0, 0.05) is 6.20 Å². The Labute approximate surface area is 59.4 Å². The first-order chi connectivity index (χ1) is 4.70. The summed E-state index contributed by atoms with van der Waals surface area (Å²) in [5.41, 5.74) is 6.79. The zero-order valence-corrected chi connectivity index (χ0v) is 5.76. The second kappa shape index (κ2) is 2.47. The fourth-order valence-electron chi connectivity index (χ4n) is 0.627. The van der Waals surface area contributed by atoms with Crippen LogP contribution in [0, 0.1) is 12.3 Å². The molecule has 0 spiro atoms. The van der Waals surface area contributed by atoms with E-state index >= 15 is 0 Å². The highest BCUT2D eigenvalue weighted by Crippen LogP contribution is 1.96. The largest absolute Gasteiger partial charge is 0.382 e. The Morgan fingerprint density at radius 2 is 2.30 bits per heavy atom. The maximum atomic E-state index is 7.02. The number of hydrogen-bond donors (Lipinski definition) is 2. The van der Waals surface area contributed by atoms with Crippen molar-refractivity contribution < 1.29 is 0 Å². The molecule has 0 aromatic carbocycles. The number of rotatable bonds is 1. The normalized spacial score (nSPS) is 9.30. The molecule has 0 fully saturated rings. The van der Waals surface area contributed by atoms with E-state index < -0.39 is 0 Å². The van der Waals surface area contributed by atoms with Crippen LogP contribution in [0.15, 0.2) is 18.3 Å². The summed E-state index contributed by atoms with van der Waals surface area (Å²) < 4.78 is 0. The summed E-state index contributed by atoms with van der Waals surface area (Å²) in [5, 5.41) is 7.02. The van der Waals surface area contributed by atoms with Crippen molar-refractivity contribution in [1.82, 2.24) is 4.98 Å². The summed E-state index contributed by atoms with van der Waals surface area (Å²) in [5.74, 6) is 0.0139. The van der Waals surface area contributed by atoms with Crippen LogP contribution < -0.4 is 5.73 Å². The van der Waals surface area contributed by atoms with E-state index in [0.29, 0.717) is 5.69 Å². The maximum absolute atomic E-state index is 7.02. The lowest BCUT2D eigenvalue weighted by atomic mass is 10.3. The van der Waals surface area contributed by atoms with Crippen molar-refractivity contribution in [1.29, 1.82) is 5.41 Å². The Hall–Kier alpha value is -1.38. The Balaban J connectivity index is 3.00. The van der Waals surface area contributed by atoms with Crippen molar-refractivity contribution in [2.45, 2.75) is 6.92 Å².